The maximum atomic E-state index is 11.4. The second kappa shape index (κ2) is 5.20. The molecule has 1 aromatic heterocycles. The molecular weight excluding hydrogens is 294 g/mol. The Balaban J connectivity index is 2.24. The van der Waals surface area contributed by atoms with Crippen LogP contribution in [0.1, 0.15) is 44.8 Å². The van der Waals surface area contributed by atoms with E-state index in [1.165, 1.54) is 6.92 Å². The first-order valence-electron chi connectivity index (χ1n) is 7.59. The quantitative estimate of drug-likeness (QED) is 0.361. The molecule has 0 radical (unpaired) electrons. The molecule has 2 aliphatic rings. The third kappa shape index (κ3) is 2.04. The van der Waals surface area contributed by atoms with Gasteiger partial charge in [-0.2, -0.15) is 10.5 Å². The van der Waals surface area contributed by atoms with Gasteiger partial charge in [-0.25, -0.2) is 4.99 Å². The van der Waals surface area contributed by atoms with Gasteiger partial charge in [0.25, 0.3) is 5.69 Å². The first-order valence-corrected chi connectivity index (χ1v) is 7.59. The number of hydrogen-bond acceptors (Lipinski definition) is 6. The van der Waals surface area contributed by atoms with Gasteiger partial charge in [0.1, 0.15) is 0 Å². The van der Waals surface area contributed by atoms with Gasteiger partial charge in [0, 0.05) is 19.8 Å². The van der Waals surface area contributed by atoms with Crippen LogP contribution in [0.2, 0.25) is 0 Å². The van der Waals surface area contributed by atoms with Crippen molar-refractivity contribution >= 4 is 11.8 Å². The van der Waals surface area contributed by atoms with Crippen molar-refractivity contribution in [3.05, 3.63) is 17.8 Å². The first kappa shape index (κ1) is 15.2. The Morgan fingerprint density at radius 2 is 2.17 bits per heavy atom. The Hall–Kier alpha value is -2.67. The Morgan fingerprint density at radius 1 is 1.48 bits per heavy atom. The Labute approximate surface area is 134 Å². The summed E-state index contributed by atoms with van der Waals surface area (Å²) in [6.07, 6.45) is 4.73. The monoisotopic (exact) mass is 311 g/mol. The van der Waals surface area contributed by atoms with E-state index in [0.29, 0.717) is 5.69 Å². The topological polar surface area (TPSA) is 113 Å². The van der Waals surface area contributed by atoms with Gasteiger partial charge in [-0.15, -0.1) is 0 Å². The molecule has 0 aliphatic heterocycles. The van der Waals surface area contributed by atoms with Crippen LogP contribution in [0.15, 0.2) is 21.7 Å². The molecule has 7 heteroatoms. The summed E-state index contributed by atoms with van der Waals surface area (Å²) in [6.45, 7) is 5.18. The third-order valence-electron chi connectivity index (χ3n) is 4.71. The smallest absolute Gasteiger partial charge is 0.324 e. The van der Waals surface area contributed by atoms with Crippen molar-refractivity contribution in [2.75, 3.05) is 0 Å². The Morgan fingerprint density at radius 3 is 2.74 bits per heavy atom. The van der Waals surface area contributed by atoms with Crippen LogP contribution in [-0.2, 0) is 0 Å². The van der Waals surface area contributed by atoms with E-state index < -0.39 is 17.2 Å². The van der Waals surface area contributed by atoms with E-state index in [1.807, 2.05) is 26.0 Å². The van der Waals surface area contributed by atoms with Crippen molar-refractivity contribution in [3.8, 4) is 12.1 Å². The van der Waals surface area contributed by atoms with Crippen LogP contribution in [0.25, 0.3) is 0 Å². The van der Waals surface area contributed by atoms with Gasteiger partial charge in [-0.05, 0) is 29.8 Å². The number of allylic oxidation sites excluding steroid dienone is 2. The lowest BCUT2D eigenvalue weighted by atomic mass is 9.69. The van der Waals surface area contributed by atoms with Crippen LogP contribution < -0.4 is 9.79 Å². The molecule has 0 amide bonds. The molecule has 3 atom stereocenters. The lowest BCUT2D eigenvalue weighted by Gasteiger charge is -2.26. The molecule has 0 spiro atoms. The van der Waals surface area contributed by atoms with E-state index in [9.17, 15) is 15.6 Å². The number of hydrogen-bond donors (Lipinski definition) is 0. The highest BCUT2D eigenvalue weighted by atomic mass is 16.5. The first-order chi connectivity index (χ1) is 10.9. The molecule has 2 bridgehead atoms. The second-order valence-corrected chi connectivity index (χ2v) is 6.39. The summed E-state index contributed by atoms with van der Waals surface area (Å²) in [5, 5.41) is 34.9. The minimum absolute atomic E-state index is 0.0390. The minimum Gasteiger partial charge on any atom is -0.862 e. The molecule has 0 saturated heterocycles. The summed E-state index contributed by atoms with van der Waals surface area (Å²) in [4.78, 5) is 3.89. The molecule has 3 unspecified atom stereocenters. The lowest BCUT2D eigenvalue weighted by Crippen LogP contribution is -2.46. The third-order valence-corrected chi connectivity index (χ3v) is 4.71. The zero-order valence-electron chi connectivity index (χ0n) is 13.2. The molecule has 118 valence electrons. The van der Waals surface area contributed by atoms with Crippen molar-refractivity contribution in [3.63, 3.8) is 0 Å². The maximum absolute atomic E-state index is 11.4. The summed E-state index contributed by atoms with van der Waals surface area (Å²) >= 11 is 0. The number of nitriles is 2. The van der Waals surface area contributed by atoms with Gasteiger partial charge in [-0.3, -0.25) is 4.52 Å². The lowest BCUT2D eigenvalue weighted by molar-refractivity contribution is -0.786. The maximum Gasteiger partial charge on any atom is 0.324 e. The van der Waals surface area contributed by atoms with Crippen molar-refractivity contribution in [1.82, 2.24) is 5.27 Å². The highest BCUT2D eigenvalue weighted by Crippen LogP contribution is 2.60. The number of nitrogens with zero attached hydrogens (tertiary/aromatic N) is 5. The fraction of sp³-hybridized carbons (Fsp3) is 0.562. The van der Waals surface area contributed by atoms with Crippen molar-refractivity contribution < 1.29 is 14.3 Å². The molecule has 0 aromatic carbocycles. The van der Waals surface area contributed by atoms with Gasteiger partial charge >= 0.3 is 5.88 Å². The molecular formula is C16H17N5O2. The van der Waals surface area contributed by atoms with Crippen LogP contribution in [-0.4, -0.2) is 11.2 Å². The summed E-state index contributed by atoms with van der Waals surface area (Å²) in [6, 6.07) is 4.40. The van der Waals surface area contributed by atoms with Gasteiger partial charge < -0.3 is 5.11 Å². The predicted octanol–water partition coefficient (Wildman–Crippen LogP) is 1.28. The average Bonchev–Trinajstić information content (AvgIpc) is 3.18. The molecule has 1 saturated carbocycles. The van der Waals surface area contributed by atoms with E-state index in [4.69, 9.17) is 4.52 Å². The fourth-order valence-electron chi connectivity index (χ4n) is 3.77. The molecule has 3 rings (SSSR count). The molecule has 1 heterocycles. The second-order valence-electron chi connectivity index (χ2n) is 6.39. The molecule has 7 nitrogen and oxygen atoms in total. The van der Waals surface area contributed by atoms with Crippen LogP contribution in [0, 0.1) is 39.9 Å². The highest BCUT2D eigenvalue weighted by molar-refractivity contribution is 5.71. The minimum atomic E-state index is -1.18. The highest BCUT2D eigenvalue weighted by Gasteiger charge is 2.63. The standard InChI is InChI=1S/C16H17N5O2/c1-9(2)21-14(15(23-20-21)19-10(3)22)13-11-4-5-12(6-11)16(13,7-17)8-18/h4-5,9,11-13H,6H2,1-3H3. The van der Waals surface area contributed by atoms with Crippen molar-refractivity contribution in [1.29, 1.82) is 10.5 Å². The predicted molar refractivity (Wildman–Crippen MR) is 77.0 cm³/mol. The van der Waals surface area contributed by atoms with E-state index >= 15 is 0 Å². The van der Waals surface area contributed by atoms with E-state index in [-0.39, 0.29) is 23.8 Å². The summed E-state index contributed by atoms with van der Waals surface area (Å²) < 4.78 is 6.88. The summed E-state index contributed by atoms with van der Waals surface area (Å²) in [5.74, 6) is -0.777. The molecule has 1 fully saturated rings. The van der Waals surface area contributed by atoms with Crippen LogP contribution in [0.3, 0.4) is 0 Å². The van der Waals surface area contributed by atoms with E-state index in [2.05, 4.69) is 22.4 Å². The number of fused-ring (bicyclic) bond motifs is 2. The van der Waals surface area contributed by atoms with Crippen LogP contribution >= 0.6 is 0 Å². The zero-order valence-corrected chi connectivity index (χ0v) is 13.2. The van der Waals surface area contributed by atoms with Crippen LogP contribution in [0.4, 0.5) is 5.88 Å². The van der Waals surface area contributed by atoms with E-state index in [1.54, 1.807) is 4.68 Å². The summed E-state index contributed by atoms with van der Waals surface area (Å²) in [5.41, 5.74) is -0.613. The van der Waals surface area contributed by atoms with Gasteiger partial charge in [0.05, 0.1) is 18.1 Å². The molecule has 23 heavy (non-hydrogen) atoms. The van der Waals surface area contributed by atoms with E-state index in [0.717, 1.165) is 6.42 Å². The zero-order chi connectivity index (χ0) is 16.8. The Bertz CT molecular complexity index is 759. The molecule has 0 N–H and O–H groups in total. The largest absolute Gasteiger partial charge is 0.862 e. The average molecular weight is 311 g/mol. The SMILES string of the molecule is C/C([O-])=N/c1on[n+](C(C)C)c1C1C2C=CC(C2)C1(C#N)C#N. The van der Waals surface area contributed by atoms with Crippen molar-refractivity contribution in [2.45, 2.75) is 39.2 Å². The number of rotatable bonds is 3. The van der Waals surface area contributed by atoms with Crippen molar-refractivity contribution in [2.24, 2.45) is 22.2 Å². The molecule has 2 aliphatic carbocycles. The van der Waals surface area contributed by atoms with Crippen LogP contribution in [0.5, 0.6) is 0 Å². The number of aromatic nitrogens is 2. The summed E-state index contributed by atoms with van der Waals surface area (Å²) in [7, 11) is 0. The van der Waals surface area contributed by atoms with Gasteiger partial charge in [0.2, 0.25) is 5.27 Å². The Kier molecular flexibility index (Phi) is 3.45. The fourth-order valence-corrected chi connectivity index (χ4v) is 3.77. The number of aliphatic imine (C=N–C) groups is 1. The van der Waals surface area contributed by atoms with Gasteiger partial charge in [-0.1, -0.05) is 12.2 Å². The normalized spacial score (nSPS) is 28.1. The van der Waals surface area contributed by atoms with Gasteiger partial charge in [0.15, 0.2) is 11.5 Å². The molecule has 1 aromatic rings.